The summed E-state index contributed by atoms with van der Waals surface area (Å²) >= 11 is 0. The van der Waals surface area contributed by atoms with Crippen LogP contribution in [-0.4, -0.2) is 32.1 Å². The van der Waals surface area contributed by atoms with E-state index in [0.717, 1.165) is 5.52 Å². The molecule has 2 aromatic carbocycles. The SMILES string of the molecule is Cc1c(C(=O)O)cccc1C(=O)O.c1cc[nH]c1.c1ccc2ncccc2c1. The molecule has 0 unspecified atom stereocenters. The number of benzene rings is 2. The highest BCUT2D eigenvalue weighted by Gasteiger charge is 2.13. The van der Waals surface area contributed by atoms with Gasteiger partial charge in [0.15, 0.2) is 0 Å². The van der Waals surface area contributed by atoms with E-state index < -0.39 is 11.9 Å². The van der Waals surface area contributed by atoms with Crippen molar-refractivity contribution in [3.63, 3.8) is 0 Å². The Morgan fingerprint density at radius 3 is 1.86 bits per heavy atom. The number of para-hydroxylation sites is 1. The van der Waals surface area contributed by atoms with Gasteiger partial charge < -0.3 is 15.2 Å². The van der Waals surface area contributed by atoms with Gasteiger partial charge in [-0.15, -0.1) is 0 Å². The van der Waals surface area contributed by atoms with Gasteiger partial charge in [-0.3, -0.25) is 4.98 Å². The number of carboxylic acids is 2. The van der Waals surface area contributed by atoms with Gasteiger partial charge in [0.1, 0.15) is 0 Å². The van der Waals surface area contributed by atoms with Crippen LogP contribution in [0, 0.1) is 6.92 Å². The number of fused-ring (bicyclic) bond motifs is 1. The smallest absolute Gasteiger partial charge is 0.335 e. The number of aromatic amines is 1. The Bertz CT molecular complexity index is 929. The molecule has 0 aliphatic carbocycles. The second kappa shape index (κ2) is 10.3. The highest BCUT2D eigenvalue weighted by Crippen LogP contribution is 2.13. The number of hydrogen-bond acceptors (Lipinski definition) is 3. The highest BCUT2D eigenvalue weighted by atomic mass is 16.4. The van der Waals surface area contributed by atoms with Crippen LogP contribution in [0.25, 0.3) is 10.9 Å². The van der Waals surface area contributed by atoms with E-state index in [9.17, 15) is 9.59 Å². The molecule has 0 atom stereocenters. The van der Waals surface area contributed by atoms with Gasteiger partial charge >= 0.3 is 11.9 Å². The molecule has 0 aliphatic rings. The fraction of sp³-hybridized carbons (Fsp3) is 0.0455. The predicted octanol–water partition coefficient (Wildman–Crippen LogP) is 4.64. The first kappa shape index (κ1) is 20.4. The number of carbonyl (C=O) groups is 2. The van der Waals surface area contributed by atoms with E-state index in [-0.39, 0.29) is 16.7 Å². The Labute approximate surface area is 162 Å². The van der Waals surface area contributed by atoms with Crippen LogP contribution in [0.4, 0.5) is 0 Å². The van der Waals surface area contributed by atoms with Crippen LogP contribution in [-0.2, 0) is 0 Å². The summed E-state index contributed by atoms with van der Waals surface area (Å²) in [6.45, 7) is 1.48. The fourth-order valence-corrected chi connectivity index (χ4v) is 2.39. The molecule has 3 N–H and O–H groups in total. The maximum atomic E-state index is 10.6. The average molecular weight is 376 g/mol. The normalized spacial score (nSPS) is 9.46. The summed E-state index contributed by atoms with van der Waals surface area (Å²) in [6, 6.07) is 20.1. The lowest BCUT2D eigenvalue weighted by Gasteiger charge is -2.03. The first-order valence-corrected chi connectivity index (χ1v) is 8.44. The zero-order valence-corrected chi connectivity index (χ0v) is 15.2. The molecule has 0 aliphatic heterocycles. The summed E-state index contributed by atoms with van der Waals surface area (Å²) in [6.07, 6.45) is 5.56. The van der Waals surface area contributed by atoms with E-state index in [1.165, 1.54) is 30.5 Å². The molecule has 0 radical (unpaired) electrons. The van der Waals surface area contributed by atoms with Gasteiger partial charge in [-0.1, -0.05) is 30.3 Å². The number of H-pyrrole nitrogens is 1. The summed E-state index contributed by atoms with van der Waals surface area (Å²) in [5.74, 6) is -2.22. The molecule has 0 spiro atoms. The lowest BCUT2D eigenvalue weighted by Crippen LogP contribution is -2.06. The molecule has 2 heterocycles. The number of aromatic carboxylic acids is 2. The Kier molecular flexibility index (Phi) is 7.48. The number of nitrogens with one attached hydrogen (secondary N) is 1. The molecule has 0 fully saturated rings. The second-order valence-electron chi connectivity index (χ2n) is 5.67. The van der Waals surface area contributed by atoms with Gasteiger partial charge in [-0.05, 0) is 48.9 Å². The Hall–Kier alpha value is -3.93. The number of pyridine rings is 1. The second-order valence-corrected chi connectivity index (χ2v) is 5.67. The lowest BCUT2D eigenvalue weighted by molar-refractivity contribution is 0.0696. The fourth-order valence-electron chi connectivity index (χ4n) is 2.39. The molecule has 4 rings (SSSR count). The molecule has 4 aromatic rings. The molecule has 6 heteroatoms. The van der Waals surface area contributed by atoms with Crippen LogP contribution in [0.1, 0.15) is 26.3 Å². The van der Waals surface area contributed by atoms with Gasteiger partial charge in [-0.2, -0.15) is 0 Å². The average Bonchev–Trinajstić information content (AvgIpc) is 3.28. The van der Waals surface area contributed by atoms with E-state index in [4.69, 9.17) is 10.2 Å². The molecule has 6 nitrogen and oxygen atoms in total. The number of nitrogens with zero attached hydrogens (tertiary/aromatic N) is 1. The topological polar surface area (TPSA) is 103 Å². The van der Waals surface area contributed by atoms with Crippen molar-refractivity contribution >= 4 is 22.8 Å². The Balaban J connectivity index is 0.000000164. The van der Waals surface area contributed by atoms with Crippen molar-refractivity contribution in [2.45, 2.75) is 6.92 Å². The van der Waals surface area contributed by atoms with Gasteiger partial charge in [0, 0.05) is 24.0 Å². The minimum Gasteiger partial charge on any atom is -0.478 e. The molecule has 0 saturated heterocycles. The molecule has 0 amide bonds. The third kappa shape index (κ3) is 5.81. The van der Waals surface area contributed by atoms with Crippen molar-refractivity contribution in [3.8, 4) is 0 Å². The summed E-state index contributed by atoms with van der Waals surface area (Å²) in [4.78, 5) is 28.2. The van der Waals surface area contributed by atoms with Crippen molar-refractivity contribution < 1.29 is 19.8 Å². The maximum Gasteiger partial charge on any atom is 0.335 e. The summed E-state index contributed by atoms with van der Waals surface area (Å²) in [5, 5.41) is 18.6. The van der Waals surface area contributed by atoms with Crippen molar-refractivity contribution in [2.24, 2.45) is 0 Å². The summed E-state index contributed by atoms with van der Waals surface area (Å²) < 4.78 is 0. The lowest BCUT2D eigenvalue weighted by atomic mass is 10.0. The quantitative estimate of drug-likeness (QED) is 0.473. The van der Waals surface area contributed by atoms with E-state index >= 15 is 0 Å². The zero-order chi connectivity index (χ0) is 20.4. The molecular weight excluding hydrogens is 356 g/mol. The standard InChI is InChI=1S/C9H7N.C9H8O4.C4H5N/c1-2-6-9-8(4-1)5-3-7-10-9;1-5-6(8(10)11)3-2-4-7(5)9(12)13;1-2-4-5-3-1/h1-7H;2-4H,1H3,(H,10,11)(H,12,13);1-5H. The van der Waals surface area contributed by atoms with Crippen molar-refractivity contribution in [2.75, 3.05) is 0 Å². The highest BCUT2D eigenvalue weighted by molar-refractivity contribution is 5.96. The predicted molar refractivity (Wildman–Crippen MR) is 108 cm³/mol. The molecule has 28 heavy (non-hydrogen) atoms. The molecule has 2 aromatic heterocycles. The van der Waals surface area contributed by atoms with Crippen LogP contribution >= 0.6 is 0 Å². The van der Waals surface area contributed by atoms with Gasteiger partial charge in [-0.25, -0.2) is 9.59 Å². The number of aromatic nitrogens is 2. The largest absolute Gasteiger partial charge is 0.478 e. The minimum atomic E-state index is -1.11. The first-order chi connectivity index (χ1) is 13.5. The van der Waals surface area contributed by atoms with Crippen LogP contribution in [0.3, 0.4) is 0 Å². The number of carboxylic acid groups (broad SMARTS) is 2. The summed E-state index contributed by atoms with van der Waals surface area (Å²) in [7, 11) is 0. The number of rotatable bonds is 2. The maximum absolute atomic E-state index is 10.6. The Morgan fingerprint density at radius 2 is 1.36 bits per heavy atom. The van der Waals surface area contributed by atoms with Crippen LogP contribution in [0.2, 0.25) is 0 Å². The van der Waals surface area contributed by atoms with Crippen LogP contribution < -0.4 is 0 Å². The summed E-state index contributed by atoms with van der Waals surface area (Å²) in [5.41, 5.74) is 1.40. The van der Waals surface area contributed by atoms with Crippen molar-refractivity contribution in [1.82, 2.24) is 9.97 Å². The molecule has 0 bridgehead atoms. The van der Waals surface area contributed by atoms with E-state index in [1.807, 2.05) is 55.0 Å². The van der Waals surface area contributed by atoms with Gasteiger partial charge in [0.25, 0.3) is 0 Å². The van der Waals surface area contributed by atoms with E-state index in [0.29, 0.717) is 0 Å². The van der Waals surface area contributed by atoms with Gasteiger partial charge in [0.05, 0.1) is 16.6 Å². The number of hydrogen-bond donors (Lipinski definition) is 3. The van der Waals surface area contributed by atoms with E-state index in [1.54, 1.807) is 0 Å². The first-order valence-electron chi connectivity index (χ1n) is 8.44. The molecule has 0 saturated carbocycles. The third-order valence-electron chi connectivity index (χ3n) is 3.80. The van der Waals surface area contributed by atoms with Gasteiger partial charge in [0.2, 0.25) is 0 Å². The molecule has 142 valence electrons. The third-order valence-corrected chi connectivity index (χ3v) is 3.80. The zero-order valence-electron chi connectivity index (χ0n) is 15.2. The van der Waals surface area contributed by atoms with Crippen LogP contribution in [0.15, 0.2) is 85.3 Å². The minimum absolute atomic E-state index is 0.0277. The Morgan fingerprint density at radius 1 is 0.786 bits per heavy atom. The van der Waals surface area contributed by atoms with E-state index in [2.05, 4.69) is 22.1 Å². The monoisotopic (exact) mass is 376 g/mol. The molecular formula is C22H20N2O4. The van der Waals surface area contributed by atoms with Crippen molar-refractivity contribution in [1.29, 1.82) is 0 Å². The van der Waals surface area contributed by atoms with Crippen LogP contribution in [0.5, 0.6) is 0 Å². The van der Waals surface area contributed by atoms with Crippen molar-refractivity contribution in [3.05, 3.63) is 102 Å².